The van der Waals surface area contributed by atoms with E-state index in [2.05, 4.69) is 0 Å². The van der Waals surface area contributed by atoms with Crippen LogP contribution in [0.15, 0.2) is 59.5 Å². The van der Waals surface area contributed by atoms with Crippen molar-refractivity contribution in [3.8, 4) is 5.75 Å². The second-order valence-electron chi connectivity index (χ2n) is 4.28. The van der Waals surface area contributed by atoms with Gasteiger partial charge in [0.05, 0.1) is 13.2 Å². The lowest BCUT2D eigenvalue weighted by Gasteiger charge is -2.09. The standard InChI is InChI=1S/C16H16O3S/c1-19-13-7-9-14(10-8-13)20-16(18)11-15(17)12-5-3-2-4-6-12/h2-10,15,17H,11H2,1H3/t15-/m1/s1. The Morgan fingerprint density at radius 1 is 1.15 bits per heavy atom. The summed E-state index contributed by atoms with van der Waals surface area (Å²) < 4.78 is 5.06. The summed E-state index contributed by atoms with van der Waals surface area (Å²) in [4.78, 5) is 12.8. The molecule has 0 heterocycles. The fourth-order valence-electron chi connectivity index (χ4n) is 1.77. The third kappa shape index (κ3) is 4.11. The first-order chi connectivity index (χ1) is 9.69. The van der Waals surface area contributed by atoms with E-state index in [0.29, 0.717) is 0 Å². The first-order valence-corrected chi connectivity index (χ1v) is 7.08. The number of hydrogen-bond donors (Lipinski definition) is 1. The minimum Gasteiger partial charge on any atom is -0.497 e. The predicted molar refractivity (Wildman–Crippen MR) is 79.9 cm³/mol. The van der Waals surface area contributed by atoms with Gasteiger partial charge < -0.3 is 9.84 Å². The Balaban J connectivity index is 1.91. The van der Waals surface area contributed by atoms with Crippen molar-refractivity contribution < 1.29 is 14.6 Å². The third-order valence-electron chi connectivity index (χ3n) is 2.84. The quantitative estimate of drug-likeness (QED) is 0.856. The molecule has 0 bridgehead atoms. The van der Waals surface area contributed by atoms with E-state index in [9.17, 15) is 9.90 Å². The minimum atomic E-state index is -0.755. The summed E-state index contributed by atoms with van der Waals surface area (Å²) in [5, 5.41) is 9.93. The topological polar surface area (TPSA) is 46.5 Å². The van der Waals surface area contributed by atoms with Crippen LogP contribution in [0.2, 0.25) is 0 Å². The molecule has 0 fully saturated rings. The second-order valence-corrected chi connectivity index (χ2v) is 5.41. The molecule has 1 N–H and O–H groups in total. The zero-order valence-electron chi connectivity index (χ0n) is 11.2. The normalized spacial score (nSPS) is 11.9. The minimum absolute atomic E-state index is 0.0634. The molecular formula is C16H16O3S. The molecule has 2 aromatic carbocycles. The number of rotatable bonds is 5. The number of benzene rings is 2. The zero-order valence-corrected chi connectivity index (χ0v) is 12.0. The predicted octanol–water partition coefficient (Wildman–Crippen LogP) is 3.44. The van der Waals surface area contributed by atoms with Gasteiger partial charge in [0, 0.05) is 11.3 Å². The number of methoxy groups -OCH3 is 1. The van der Waals surface area contributed by atoms with Gasteiger partial charge in [-0.2, -0.15) is 0 Å². The van der Waals surface area contributed by atoms with E-state index in [1.165, 1.54) is 0 Å². The van der Waals surface area contributed by atoms with Crippen LogP contribution in [-0.2, 0) is 4.79 Å². The lowest BCUT2D eigenvalue weighted by Crippen LogP contribution is -2.03. The molecule has 0 spiro atoms. The van der Waals surface area contributed by atoms with Crippen molar-refractivity contribution in [2.45, 2.75) is 17.4 Å². The van der Waals surface area contributed by atoms with Crippen LogP contribution >= 0.6 is 11.8 Å². The molecule has 0 unspecified atom stereocenters. The Hall–Kier alpha value is -1.78. The van der Waals surface area contributed by atoms with Gasteiger partial charge in [0.2, 0.25) is 0 Å². The Morgan fingerprint density at radius 2 is 1.80 bits per heavy atom. The summed E-state index contributed by atoms with van der Waals surface area (Å²) in [6.45, 7) is 0. The number of ether oxygens (including phenoxy) is 1. The van der Waals surface area contributed by atoms with Crippen LogP contribution in [0.3, 0.4) is 0 Å². The Labute approximate surface area is 122 Å². The molecule has 0 aliphatic carbocycles. The Morgan fingerprint density at radius 3 is 2.40 bits per heavy atom. The molecular weight excluding hydrogens is 272 g/mol. The molecule has 4 heteroatoms. The first-order valence-electron chi connectivity index (χ1n) is 6.27. The molecule has 3 nitrogen and oxygen atoms in total. The number of thioether (sulfide) groups is 1. The van der Waals surface area contributed by atoms with E-state index in [4.69, 9.17) is 4.74 Å². The molecule has 20 heavy (non-hydrogen) atoms. The van der Waals surface area contributed by atoms with Crippen molar-refractivity contribution in [3.63, 3.8) is 0 Å². The first kappa shape index (κ1) is 14.6. The van der Waals surface area contributed by atoms with Crippen molar-refractivity contribution in [3.05, 3.63) is 60.2 Å². The average molecular weight is 288 g/mol. The van der Waals surface area contributed by atoms with Gasteiger partial charge >= 0.3 is 0 Å². The summed E-state index contributed by atoms with van der Waals surface area (Å²) in [6.07, 6.45) is -0.657. The van der Waals surface area contributed by atoms with Crippen LogP contribution in [0.1, 0.15) is 18.1 Å². The molecule has 0 aromatic heterocycles. The van der Waals surface area contributed by atoms with Crippen molar-refractivity contribution >= 4 is 16.9 Å². The Kier molecular flexibility index (Phi) is 5.21. The second kappa shape index (κ2) is 7.12. The fourth-order valence-corrected chi connectivity index (χ4v) is 2.54. The SMILES string of the molecule is COc1ccc(SC(=O)C[C@@H](O)c2ccccc2)cc1. The van der Waals surface area contributed by atoms with Crippen LogP contribution in [0.5, 0.6) is 5.75 Å². The Bertz CT molecular complexity index is 552. The van der Waals surface area contributed by atoms with Crippen molar-refractivity contribution in [2.24, 2.45) is 0 Å². The highest BCUT2D eigenvalue weighted by atomic mass is 32.2. The number of aliphatic hydroxyl groups excluding tert-OH is 1. The molecule has 0 saturated carbocycles. The molecule has 0 aliphatic rings. The summed E-state index contributed by atoms with van der Waals surface area (Å²) >= 11 is 1.13. The largest absolute Gasteiger partial charge is 0.497 e. The van der Waals surface area contributed by atoms with Gasteiger partial charge in [-0.15, -0.1) is 0 Å². The zero-order chi connectivity index (χ0) is 14.4. The summed E-state index contributed by atoms with van der Waals surface area (Å²) in [5.74, 6) is 0.756. The number of hydrogen-bond acceptors (Lipinski definition) is 4. The molecule has 0 amide bonds. The number of carbonyl (C=O) groups is 1. The maximum atomic E-state index is 11.9. The monoisotopic (exact) mass is 288 g/mol. The van der Waals surface area contributed by atoms with Crippen molar-refractivity contribution in [1.82, 2.24) is 0 Å². The highest BCUT2D eigenvalue weighted by Gasteiger charge is 2.13. The molecule has 2 aromatic rings. The highest BCUT2D eigenvalue weighted by molar-refractivity contribution is 8.13. The smallest absolute Gasteiger partial charge is 0.196 e. The summed E-state index contributed by atoms with van der Waals surface area (Å²) in [6, 6.07) is 16.5. The van der Waals surface area contributed by atoms with Gasteiger partial charge in [-0.3, -0.25) is 4.79 Å². The van der Waals surface area contributed by atoms with Crippen LogP contribution in [0.25, 0.3) is 0 Å². The molecule has 1 atom stereocenters. The summed E-state index contributed by atoms with van der Waals surface area (Å²) in [5.41, 5.74) is 0.760. The maximum absolute atomic E-state index is 11.9. The lowest BCUT2D eigenvalue weighted by molar-refractivity contribution is -0.112. The fraction of sp³-hybridized carbons (Fsp3) is 0.188. The van der Waals surface area contributed by atoms with Gasteiger partial charge in [-0.05, 0) is 29.8 Å². The number of aliphatic hydroxyl groups is 1. The third-order valence-corrected chi connectivity index (χ3v) is 3.74. The van der Waals surface area contributed by atoms with E-state index in [-0.39, 0.29) is 11.5 Å². The van der Waals surface area contributed by atoms with E-state index in [1.807, 2.05) is 54.6 Å². The van der Waals surface area contributed by atoms with E-state index in [0.717, 1.165) is 28.0 Å². The summed E-state index contributed by atoms with van der Waals surface area (Å²) in [7, 11) is 1.60. The van der Waals surface area contributed by atoms with Gasteiger partial charge in [-0.25, -0.2) is 0 Å². The van der Waals surface area contributed by atoms with Crippen LogP contribution in [-0.4, -0.2) is 17.3 Å². The van der Waals surface area contributed by atoms with Gasteiger partial charge in [-0.1, -0.05) is 42.1 Å². The van der Waals surface area contributed by atoms with Gasteiger partial charge in [0.1, 0.15) is 5.75 Å². The van der Waals surface area contributed by atoms with Crippen LogP contribution in [0, 0.1) is 0 Å². The highest BCUT2D eigenvalue weighted by Crippen LogP contribution is 2.26. The molecule has 0 aliphatic heterocycles. The lowest BCUT2D eigenvalue weighted by atomic mass is 10.1. The van der Waals surface area contributed by atoms with Crippen LogP contribution < -0.4 is 4.74 Å². The van der Waals surface area contributed by atoms with Crippen LogP contribution in [0.4, 0.5) is 0 Å². The van der Waals surface area contributed by atoms with Crippen molar-refractivity contribution in [1.29, 1.82) is 0 Å². The van der Waals surface area contributed by atoms with E-state index < -0.39 is 6.10 Å². The van der Waals surface area contributed by atoms with E-state index >= 15 is 0 Å². The average Bonchev–Trinajstić information content (AvgIpc) is 2.49. The maximum Gasteiger partial charge on any atom is 0.196 e. The molecule has 0 radical (unpaired) electrons. The number of carbonyl (C=O) groups excluding carboxylic acids is 1. The molecule has 0 saturated heterocycles. The van der Waals surface area contributed by atoms with Crippen molar-refractivity contribution in [2.75, 3.05) is 7.11 Å². The molecule has 2 rings (SSSR count). The van der Waals surface area contributed by atoms with E-state index in [1.54, 1.807) is 7.11 Å². The molecule has 104 valence electrons. The van der Waals surface area contributed by atoms with Gasteiger partial charge in [0.15, 0.2) is 5.12 Å². The van der Waals surface area contributed by atoms with Gasteiger partial charge in [0.25, 0.3) is 0 Å².